The van der Waals surface area contributed by atoms with E-state index >= 15 is 0 Å². The fourth-order valence-electron chi connectivity index (χ4n) is 3.15. The van der Waals surface area contributed by atoms with Crippen molar-refractivity contribution in [3.63, 3.8) is 0 Å². The molecule has 0 unspecified atom stereocenters. The van der Waals surface area contributed by atoms with Gasteiger partial charge in [-0.25, -0.2) is 0 Å². The second-order valence-corrected chi connectivity index (χ2v) is 6.09. The van der Waals surface area contributed by atoms with Gasteiger partial charge in [0.05, 0.1) is 25.3 Å². The Hall–Kier alpha value is -2.51. The Morgan fingerprint density at radius 2 is 1.62 bits per heavy atom. The van der Waals surface area contributed by atoms with Crippen molar-refractivity contribution >= 4 is 5.69 Å². The zero-order valence-corrected chi connectivity index (χ0v) is 14.1. The van der Waals surface area contributed by atoms with Crippen LogP contribution in [0.5, 0.6) is 5.75 Å². The number of anilines is 1. The summed E-state index contributed by atoms with van der Waals surface area (Å²) >= 11 is 0. The van der Waals surface area contributed by atoms with Crippen LogP contribution in [0.4, 0.5) is 5.69 Å². The first-order valence-electron chi connectivity index (χ1n) is 8.35. The van der Waals surface area contributed by atoms with Crippen LogP contribution in [0, 0.1) is 11.3 Å². The first kappa shape index (κ1) is 16.4. The smallest absolute Gasteiger partial charge is 0.142 e. The van der Waals surface area contributed by atoms with Crippen molar-refractivity contribution in [2.45, 2.75) is 13.0 Å². The summed E-state index contributed by atoms with van der Waals surface area (Å²) in [5, 5.41) is 8.73. The number of rotatable bonds is 5. The van der Waals surface area contributed by atoms with E-state index in [4.69, 9.17) is 10.00 Å². The molecule has 0 atom stereocenters. The van der Waals surface area contributed by atoms with E-state index in [2.05, 4.69) is 52.3 Å². The highest BCUT2D eigenvalue weighted by atomic mass is 16.5. The summed E-state index contributed by atoms with van der Waals surface area (Å²) in [5.74, 6) is 0.944. The molecule has 0 aliphatic carbocycles. The molecule has 1 aliphatic heterocycles. The van der Waals surface area contributed by atoms with Crippen molar-refractivity contribution < 1.29 is 4.74 Å². The number of hydrogen-bond donors (Lipinski definition) is 0. The summed E-state index contributed by atoms with van der Waals surface area (Å²) in [6.07, 6.45) is 0.484. The van der Waals surface area contributed by atoms with Gasteiger partial charge in [-0.1, -0.05) is 36.4 Å². The summed E-state index contributed by atoms with van der Waals surface area (Å²) in [5.41, 5.74) is 3.57. The average Bonchev–Trinajstić information content (AvgIpc) is 2.64. The largest absolute Gasteiger partial charge is 0.495 e. The molecule has 24 heavy (non-hydrogen) atoms. The number of methoxy groups -OCH3 is 1. The second kappa shape index (κ2) is 7.85. The SMILES string of the molecule is COc1ccccc1N1CCN(Cc2ccc(CC#N)cc2)CC1. The first-order chi connectivity index (χ1) is 11.8. The van der Waals surface area contributed by atoms with E-state index in [1.807, 2.05) is 12.1 Å². The van der Waals surface area contributed by atoms with Crippen LogP contribution in [-0.2, 0) is 13.0 Å². The number of nitrogens with zero attached hydrogens (tertiary/aromatic N) is 3. The molecule has 0 amide bonds. The minimum atomic E-state index is 0.484. The van der Waals surface area contributed by atoms with Gasteiger partial charge in [0, 0.05) is 32.7 Å². The van der Waals surface area contributed by atoms with Crippen molar-refractivity contribution in [1.29, 1.82) is 5.26 Å². The van der Waals surface area contributed by atoms with Crippen molar-refractivity contribution in [3.8, 4) is 11.8 Å². The molecule has 2 aromatic carbocycles. The molecule has 0 aromatic heterocycles. The fraction of sp³-hybridized carbons (Fsp3) is 0.350. The van der Waals surface area contributed by atoms with Gasteiger partial charge in [-0.05, 0) is 23.3 Å². The van der Waals surface area contributed by atoms with Crippen LogP contribution in [-0.4, -0.2) is 38.2 Å². The monoisotopic (exact) mass is 321 g/mol. The van der Waals surface area contributed by atoms with Crippen molar-refractivity contribution in [3.05, 3.63) is 59.7 Å². The van der Waals surface area contributed by atoms with Crippen LogP contribution in [0.1, 0.15) is 11.1 Å². The number of hydrogen-bond acceptors (Lipinski definition) is 4. The number of ether oxygens (including phenoxy) is 1. The molecule has 2 aromatic rings. The Labute approximate surface area is 143 Å². The molecular formula is C20H23N3O. The summed E-state index contributed by atoms with van der Waals surface area (Å²) in [4.78, 5) is 4.87. The Bertz CT molecular complexity index is 698. The minimum Gasteiger partial charge on any atom is -0.495 e. The summed E-state index contributed by atoms with van der Waals surface area (Å²) < 4.78 is 5.47. The predicted octanol–water partition coefficient (Wildman–Crippen LogP) is 3.08. The maximum Gasteiger partial charge on any atom is 0.142 e. The number of para-hydroxylation sites is 2. The van der Waals surface area contributed by atoms with Crippen LogP contribution >= 0.6 is 0 Å². The normalized spacial score (nSPS) is 15.1. The molecule has 4 heteroatoms. The molecule has 3 rings (SSSR count). The quantitative estimate of drug-likeness (QED) is 0.848. The summed E-state index contributed by atoms with van der Waals surface area (Å²) in [6.45, 7) is 5.06. The van der Waals surface area contributed by atoms with E-state index in [0.717, 1.165) is 44.0 Å². The highest BCUT2D eigenvalue weighted by Gasteiger charge is 2.19. The minimum absolute atomic E-state index is 0.484. The lowest BCUT2D eigenvalue weighted by Gasteiger charge is -2.36. The molecule has 1 heterocycles. The molecular weight excluding hydrogens is 298 g/mol. The van der Waals surface area contributed by atoms with E-state index in [9.17, 15) is 0 Å². The molecule has 0 spiro atoms. The maximum absolute atomic E-state index is 8.73. The molecule has 0 N–H and O–H groups in total. The highest BCUT2D eigenvalue weighted by Crippen LogP contribution is 2.28. The van der Waals surface area contributed by atoms with Gasteiger partial charge < -0.3 is 9.64 Å². The third-order valence-corrected chi connectivity index (χ3v) is 4.51. The molecule has 1 aliphatic rings. The molecule has 0 radical (unpaired) electrons. The molecule has 124 valence electrons. The standard InChI is InChI=1S/C20H23N3O/c1-24-20-5-3-2-4-19(20)23-14-12-22(13-15-23)16-18-8-6-17(7-9-18)10-11-21/h2-9H,10,12-16H2,1H3. The fourth-order valence-corrected chi connectivity index (χ4v) is 3.15. The molecule has 1 saturated heterocycles. The average molecular weight is 321 g/mol. The van der Waals surface area contributed by atoms with Gasteiger partial charge in [-0.3, -0.25) is 4.90 Å². The van der Waals surface area contributed by atoms with E-state index in [-0.39, 0.29) is 0 Å². The van der Waals surface area contributed by atoms with E-state index in [1.165, 1.54) is 11.3 Å². The molecule has 0 saturated carbocycles. The summed E-state index contributed by atoms with van der Waals surface area (Å²) in [6, 6.07) is 18.8. The Morgan fingerprint density at radius 1 is 0.958 bits per heavy atom. The van der Waals surface area contributed by atoms with Gasteiger partial charge in [0.15, 0.2) is 0 Å². The van der Waals surface area contributed by atoms with E-state index in [1.54, 1.807) is 7.11 Å². The Balaban J connectivity index is 1.56. The molecule has 1 fully saturated rings. The van der Waals surface area contributed by atoms with Gasteiger partial charge in [0.25, 0.3) is 0 Å². The van der Waals surface area contributed by atoms with E-state index < -0.39 is 0 Å². The Kier molecular flexibility index (Phi) is 5.35. The van der Waals surface area contributed by atoms with Crippen LogP contribution in [0.3, 0.4) is 0 Å². The van der Waals surface area contributed by atoms with Gasteiger partial charge in [0.2, 0.25) is 0 Å². The number of nitriles is 1. The second-order valence-electron chi connectivity index (χ2n) is 6.09. The van der Waals surface area contributed by atoms with Gasteiger partial charge >= 0.3 is 0 Å². The van der Waals surface area contributed by atoms with Crippen LogP contribution in [0.25, 0.3) is 0 Å². The maximum atomic E-state index is 8.73. The van der Waals surface area contributed by atoms with Gasteiger partial charge in [-0.15, -0.1) is 0 Å². The lowest BCUT2D eigenvalue weighted by atomic mass is 10.1. The third-order valence-electron chi connectivity index (χ3n) is 4.51. The predicted molar refractivity (Wildman–Crippen MR) is 96.2 cm³/mol. The van der Waals surface area contributed by atoms with Gasteiger partial charge in [0.1, 0.15) is 5.75 Å². The highest BCUT2D eigenvalue weighted by molar-refractivity contribution is 5.58. The van der Waals surface area contributed by atoms with Crippen molar-refractivity contribution in [2.24, 2.45) is 0 Å². The molecule has 4 nitrogen and oxygen atoms in total. The van der Waals surface area contributed by atoms with Crippen LogP contribution < -0.4 is 9.64 Å². The first-order valence-corrected chi connectivity index (χ1v) is 8.35. The third kappa shape index (κ3) is 3.87. The van der Waals surface area contributed by atoms with Crippen molar-refractivity contribution in [1.82, 2.24) is 4.90 Å². The Morgan fingerprint density at radius 3 is 2.29 bits per heavy atom. The number of benzene rings is 2. The summed E-state index contributed by atoms with van der Waals surface area (Å²) in [7, 11) is 1.73. The lowest BCUT2D eigenvalue weighted by molar-refractivity contribution is 0.249. The van der Waals surface area contributed by atoms with E-state index in [0.29, 0.717) is 6.42 Å². The van der Waals surface area contributed by atoms with Crippen LogP contribution in [0.15, 0.2) is 48.5 Å². The van der Waals surface area contributed by atoms with Crippen LogP contribution in [0.2, 0.25) is 0 Å². The number of piperazine rings is 1. The van der Waals surface area contributed by atoms with Crippen molar-refractivity contribution in [2.75, 3.05) is 38.2 Å². The molecule has 0 bridgehead atoms. The topological polar surface area (TPSA) is 39.5 Å². The lowest BCUT2D eigenvalue weighted by Crippen LogP contribution is -2.46. The zero-order chi connectivity index (χ0) is 16.8. The van der Waals surface area contributed by atoms with Gasteiger partial charge in [-0.2, -0.15) is 5.26 Å². The zero-order valence-electron chi connectivity index (χ0n) is 14.1.